The summed E-state index contributed by atoms with van der Waals surface area (Å²) in [7, 11) is 4.08. The third-order valence-electron chi connectivity index (χ3n) is 2.94. The van der Waals surface area contributed by atoms with Gasteiger partial charge in [-0.25, -0.2) is 8.78 Å². The van der Waals surface area contributed by atoms with Crippen molar-refractivity contribution >= 4 is 22.7 Å². The number of halogens is 2. The fraction of sp³-hybridized carbons (Fsp3) is 0.429. The molecule has 5 heteroatoms. The van der Waals surface area contributed by atoms with E-state index in [9.17, 15) is 8.78 Å². The van der Waals surface area contributed by atoms with Crippen molar-refractivity contribution in [3.05, 3.63) is 30.0 Å². The van der Waals surface area contributed by atoms with Gasteiger partial charge in [0.2, 0.25) is 6.43 Å². The summed E-state index contributed by atoms with van der Waals surface area (Å²) in [6, 6.07) is 5.85. The van der Waals surface area contributed by atoms with E-state index in [-0.39, 0.29) is 5.75 Å². The second kappa shape index (κ2) is 6.39. The summed E-state index contributed by atoms with van der Waals surface area (Å²) in [6.07, 6.45) is 0.700. The molecule has 1 aromatic carbocycles. The molecule has 2 rings (SSSR count). The molecule has 0 atom stereocenters. The molecule has 0 amide bonds. The Morgan fingerprint density at radius 1 is 1.32 bits per heavy atom. The Hall–Kier alpha value is -1.07. The van der Waals surface area contributed by atoms with E-state index in [0.717, 1.165) is 28.8 Å². The molecule has 0 saturated heterocycles. The van der Waals surface area contributed by atoms with Crippen molar-refractivity contribution in [2.45, 2.75) is 17.7 Å². The Kier molecular flexibility index (Phi) is 4.82. The number of nitrogens with zero attached hydrogens (tertiary/aromatic N) is 1. The third kappa shape index (κ3) is 3.94. The molecule has 0 unspecified atom stereocenters. The second-order valence-corrected chi connectivity index (χ2v) is 5.87. The van der Waals surface area contributed by atoms with Crippen LogP contribution in [-0.2, 0) is 6.42 Å². The SMILES string of the molecule is CN(C)CCc1c[nH]c2ccc(SCC(F)F)cc12. The Morgan fingerprint density at radius 3 is 2.79 bits per heavy atom. The van der Waals surface area contributed by atoms with E-state index < -0.39 is 6.43 Å². The summed E-state index contributed by atoms with van der Waals surface area (Å²) in [5.74, 6) is -0.150. The molecule has 0 aliphatic rings. The monoisotopic (exact) mass is 284 g/mol. The van der Waals surface area contributed by atoms with Gasteiger partial charge in [0.05, 0.1) is 5.75 Å². The van der Waals surface area contributed by atoms with Crippen molar-refractivity contribution in [2.24, 2.45) is 0 Å². The topological polar surface area (TPSA) is 19.0 Å². The number of thioether (sulfide) groups is 1. The average molecular weight is 284 g/mol. The predicted octanol–water partition coefficient (Wildman–Crippen LogP) is 3.63. The zero-order valence-electron chi connectivity index (χ0n) is 11.1. The van der Waals surface area contributed by atoms with Gasteiger partial charge in [0.15, 0.2) is 0 Å². The molecule has 19 heavy (non-hydrogen) atoms. The lowest BCUT2D eigenvalue weighted by Crippen LogP contribution is -2.14. The zero-order valence-corrected chi connectivity index (χ0v) is 11.9. The molecule has 104 valence electrons. The molecule has 1 heterocycles. The van der Waals surface area contributed by atoms with Gasteiger partial charge in [-0.05, 0) is 44.3 Å². The van der Waals surface area contributed by atoms with E-state index in [1.54, 1.807) is 0 Å². The first-order chi connectivity index (χ1) is 9.06. The van der Waals surface area contributed by atoms with Crippen molar-refractivity contribution in [1.29, 1.82) is 0 Å². The van der Waals surface area contributed by atoms with Crippen molar-refractivity contribution in [3.8, 4) is 0 Å². The van der Waals surface area contributed by atoms with E-state index in [4.69, 9.17) is 0 Å². The van der Waals surface area contributed by atoms with Crippen molar-refractivity contribution in [1.82, 2.24) is 9.88 Å². The molecule has 0 aliphatic carbocycles. The third-order valence-corrected chi connectivity index (χ3v) is 3.95. The lowest BCUT2D eigenvalue weighted by atomic mass is 10.1. The number of benzene rings is 1. The summed E-state index contributed by atoms with van der Waals surface area (Å²) in [6.45, 7) is 0.974. The minimum atomic E-state index is -2.26. The molecule has 0 saturated carbocycles. The Morgan fingerprint density at radius 2 is 2.11 bits per heavy atom. The number of nitrogens with one attached hydrogen (secondary N) is 1. The quantitative estimate of drug-likeness (QED) is 0.817. The van der Waals surface area contributed by atoms with Crippen molar-refractivity contribution in [3.63, 3.8) is 0 Å². The summed E-state index contributed by atoms with van der Waals surface area (Å²) >= 11 is 1.21. The van der Waals surface area contributed by atoms with Crippen LogP contribution in [-0.4, -0.2) is 42.7 Å². The minimum Gasteiger partial charge on any atom is -0.361 e. The van der Waals surface area contributed by atoms with Gasteiger partial charge >= 0.3 is 0 Å². The molecule has 0 fully saturated rings. The molecule has 1 aromatic heterocycles. The summed E-state index contributed by atoms with van der Waals surface area (Å²) in [5.41, 5.74) is 2.30. The molecule has 2 nitrogen and oxygen atoms in total. The fourth-order valence-corrected chi connectivity index (χ4v) is 2.64. The highest BCUT2D eigenvalue weighted by molar-refractivity contribution is 7.99. The molecule has 2 aromatic rings. The maximum atomic E-state index is 12.2. The maximum absolute atomic E-state index is 12.2. The number of alkyl halides is 2. The van der Waals surface area contributed by atoms with Crippen LogP contribution in [0.2, 0.25) is 0 Å². The van der Waals surface area contributed by atoms with Gasteiger partial charge in [-0.1, -0.05) is 0 Å². The number of hydrogen-bond donors (Lipinski definition) is 1. The van der Waals surface area contributed by atoms with E-state index in [1.807, 2.05) is 38.5 Å². The maximum Gasteiger partial charge on any atom is 0.247 e. The van der Waals surface area contributed by atoms with Crippen molar-refractivity contribution < 1.29 is 8.78 Å². The molecular formula is C14H18F2N2S. The molecule has 0 spiro atoms. The second-order valence-electron chi connectivity index (χ2n) is 4.78. The van der Waals surface area contributed by atoms with E-state index in [2.05, 4.69) is 9.88 Å². The average Bonchev–Trinajstić information content (AvgIpc) is 2.76. The van der Waals surface area contributed by atoms with Gasteiger partial charge in [-0.3, -0.25) is 0 Å². The largest absolute Gasteiger partial charge is 0.361 e. The van der Waals surface area contributed by atoms with Crippen LogP contribution in [0.15, 0.2) is 29.3 Å². The molecular weight excluding hydrogens is 266 g/mol. The van der Waals surface area contributed by atoms with Crippen LogP contribution in [0.5, 0.6) is 0 Å². The first-order valence-corrected chi connectivity index (χ1v) is 7.20. The highest BCUT2D eigenvalue weighted by Crippen LogP contribution is 2.27. The molecule has 0 bridgehead atoms. The van der Waals surface area contributed by atoms with Gasteiger partial charge in [0.25, 0.3) is 0 Å². The predicted molar refractivity (Wildman–Crippen MR) is 77.3 cm³/mol. The van der Waals surface area contributed by atoms with E-state index in [0.29, 0.717) is 0 Å². The van der Waals surface area contributed by atoms with Crippen LogP contribution in [0.3, 0.4) is 0 Å². The minimum absolute atomic E-state index is 0.150. The van der Waals surface area contributed by atoms with Gasteiger partial charge in [0.1, 0.15) is 0 Å². The molecule has 0 aliphatic heterocycles. The lowest BCUT2D eigenvalue weighted by Gasteiger charge is -2.08. The van der Waals surface area contributed by atoms with Crippen LogP contribution >= 0.6 is 11.8 Å². The Labute approximate surface area is 116 Å². The number of H-pyrrole nitrogens is 1. The van der Waals surface area contributed by atoms with Crippen LogP contribution in [0.1, 0.15) is 5.56 Å². The van der Waals surface area contributed by atoms with Gasteiger partial charge in [-0.15, -0.1) is 11.8 Å². The smallest absolute Gasteiger partial charge is 0.247 e. The number of rotatable bonds is 6. The lowest BCUT2D eigenvalue weighted by molar-refractivity contribution is 0.177. The number of likely N-dealkylation sites (N-methyl/N-ethyl adjacent to an activating group) is 1. The van der Waals surface area contributed by atoms with Gasteiger partial charge < -0.3 is 9.88 Å². The normalized spacial score (nSPS) is 11.9. The van der Waals surface area contributed by atoms with Crippen LogP contribution in [0, 0.1) is 0 Å². The summed E-state index contributed by atoms with van der Waals surface area (Å²) in [4.78, 5) is 6.26. The summed E-state index contributed by atoms with van der Waals surface area (Å²) < 4.78 is 24.5. The van der Waals surface area contributed by atoms with Crippen molar-refractivity contribution in [2.75, 3.05) is 26.4 Å². The zero-order chi connectivity index (χ0) is 13.8. The van der Waals surface area contributed by atoms with E-state index >= 15 is 0 Å². The number of fused-ring (bicyclic) bond motifs is 1. The highest BCUT2D eigenvalue weighted by atomic mass is 32.2. The van der Waals surface area contributed by atoms with Crippen LogP contribution < -0.4 is 0 Å². The first kappa shape index (κ1) is 14.3. The molecule has 0 radical (unpaired) electrons. The standard InChI is InChI=1S/C14H18F2N2S/c1-18(2)6-5-10-8-17-13-4-3-11(7-12(10)13)19-9-14(15)16/h3-4,7-8,14,17H,5-6,9H2,1-2H3. The highest BCUT2D eigenvalue weighted by Gasteiger charge is 2.08. The summed E-state index contributed by atoms with van der Waals surface area (Å²) in [5, 5.41) is 1.14. The Balaban J connectivity index is 2.17. The Bertz CT molecular complexity index is 537. The van der Waals surface area contributed by atoms with Gasteiger partial charge in [0, 0.05) is 28.5 Å². The van der Waals surface area contributed by atoms with Gasteiger partial charge in [-0.2, -0.15) is 0 Å². The number of hydrogen-bond acceptors (Lipinski definition) is 2. The van der Waals surface area contributed by atoms with Crippen LogP contribution in [0.25, 0.3) is 10.9 Å². The van der Waals surface area contributed by atoms with Crippen LogP contribution in [0.4, 0.5) is 8.78 Å². The number of aromatic nitrogens is 1. The van der Waals surface area contributed by atoms with E-state index in [1.165, 1.54) is 17.3 Å². The fourth-order valence-electron chi connectivity index (χ4n) is 1.96. The first-order valence-electron chi connectivity index (χ1n) is 6.22. The molecule has 1 N–H and O–H groups in total. The number of aromatic amines is 1.